The van der Waals surface area contributed by atoms with E-state index in [0.717, 1.165) is 22.3 Å². The summed E-state index contributed by atoms with van der Waals surface area (Å²) in [7, 11) is 1.52. The zero-order valence-electron chi connectivity index (χ0n) is 12.1. The molecule has 0 aliphatic heterocycles. The monoisotopic (exact) mass is 296 g/mol. The number of ether oxygens (including phenoxy) is 1. The van der Waals surface area contributed by atoms with Gasteiger partial charge in [-0.2, -0.15) is 0 Å². The minimum Gasteiger partial charge on any atom is -0.410 e. The van der Waals surface area contributed by atoms with Crippen LogP contribution in [0.5, 0.6) is 5.75 Å². The van der Waals surface area contributed by atoms with Crippen LogP contribution in [0.15, 0.2) is 48.8 Å². The average molecular weight is 296 g/mol. The molecule has 0 spiro atoms. The van der Waals surface area contributed by atoms with Crippen LogP contribution in [-0.2, 0) is 6.54 Å². The van der Waals surface area contributed by atoms with E-state index in [0.29, 0.717) is 12.3 Å². The van der Waals surface area contributed by atoms with Crippen LogP contribution in [0.1, 0.15) is 5.56 Å². The first kappa shape index (κ1) is 13.9. The number of rotatable bonds is 4. The van der Waals surface area contributed by atoms with Gasteiger partial charge in [0.1, 0.15) is 5.75 Å². The molecule has 3 N–H and O–H groups in total. The summed E-state index contributed by atoms with van der Waals surface area (Å²) in [5.41, 5.74) is 4.05. The van der Waals surface area contributed by atoms with Crippen molar-refractivity contribution in [3.63, 3.8) is 0 Å². The van der Waals surface area contributed by atoms with Crippen molar-refractivity contribution in [1.82, 2.24) is 15.3 Å². The molecule has 0 aliphatic carbocycles. The number of hydrogen-bond donors (Lipinski definition) is 3. The van der Waals surface area contributed by atoms with E-state index >= 15 is 0 Å². The van der Waals surface area contributed by atoms with Crippen molar-refractivity contribution in [3.05, 3.63) is 54.4 Å². The second kappa shape index (κ2) is 6.17. The molecule has 1 amide bonds. The van der Waals surface area contributed by atoms with Gasteiger partial charge in [0, 0.05) is 19.3 Å². The fourth-order valence-electron chi connectivity index (χ4n) is 2.08. The highest BCUT2D eigenvalue weighted by Gasteiger charge is 2.02. The van der Waals surface area contributed by atoms with Crippen LogP contribution in [0.25, 0.3) is 11.0 Å². The molecule has 2 aromatic carbocycles. The topological polar surface area (TPSA) is 79.0 Å². The van der Waals surface area contributed by atoms with E-state index in [1.807, 2.05) is 30.3 Å². The zero-order valence-corrected chi connectivity index (χ0v) is 12.1. The summed E-state index contributed by atoms with van der Waals surface area (Å²) in [5.74, 6) is 0.516. The third kappa shape index (κ3) is 3.17. The Labute approximate surface area is 127 Å². The molecule has 112 valence electrons. The van der Waals surface area contributed by atoms with Gasteiger partial charge in [-0.1, -0.05) is 12.1 Å². The summed E-state index contributed by atoms with van der Waals surface area (Å²) in [6.45, 7) is 0.680. The number of nitrogens with zero attached hydrogens (tertiary/aromatic N) is 1. The molecular weight excluding hydrogens is 280 g/mol. The molecule has 22 heavy (non-hydrogen) atoms. The number of aromatic nitrogens is 2. The summed E-state index contributed by atoms with van der Waals surface area (Å²) < 4.78 is 5.04. The first-order chi connectivity index (χ1) is 10.7. The second-order valence-corrected chi connectivity index (χ2v) is 4.77. The molecule has 0 fully saturated rings. The van der Waals surface area contributed by atoms with Crippen molar-refractivity contribution < 1.29 is 9.53 Å². The van der Waals surface area contributed by atoms with Gasteiger partial charge in [0.25, 0.3) is 0 Å². The number of carbonyl (C=O) groups is 1. The summed E-state index contributed by atoms with van der Waals surface area (Å²) in [6.07, 6.45) is 1.21. The van der Waals surface area contributed by atoms with Crippen molar-refractivity contribution in [2.45, 2.75) is 6.54 Å². The molecule has 3 rings (SSSR count). The number of hydrogen-bond acceptors (Lipinski definition) is 4. The van der Waals surface area contributed by atoms with Crippen LogP contribution in [-0.4, -0.2) is 23.1 Å². The van der Waals surface area contributed by atoms with Crippen LogP contribution < -0.4 is 15.4 Å². The Hall–Kier alpha value is -3.02. The molecule has 1 aromatic heterocycles. The van der Waals surface area contributed by atoms with E-state index in [2.05, 4.69) is 20.6 Å². The van der Waals surface area contributed by atoms with Crippen LogP contribution in [0.4, 0.5) is 10.5 Å². The van der Waals surface area contributed by atoms with Gasteiger partial charge in [-0.25, -0.2) is 9.78 Å². The number of fused-ring (bicyclic) bond motifs is 1. The van der Waals surface area contributed by atoms with Crippen LogP contribution >= 0.6 is 0 Å². The van der Waals surface area contributed by atoms with Crippen molar-refractivity contribution in [1.29, 1.82) is 0 Å². The number of aromatic amines is 1. The third-order valence-corrected chi connectivity index (χ3v) is 3.25. The maximum Gasteiger partial charge on any atom is 0.412 e. The van der Waals surface area contributed by atoms with E-state index < -0.39 is 6.09 Å². The minimum absolute atomic E-state index is 0.473. The maximum atomic E-state index is 11.1. The number of H-pyrrole nitrogens is 1. The number of nitrogens with one attached hydrogen (secondary N) is 3. The van der Waals surface area contributed by atoms with Gasteiger partial charge in [0.15, 0.2) is 0 Å². The van der Waals surface area contributed by atoms with Crippen LogP contribution in [0.3, 0.4) is 0 Å². The molecular formula is C16H16N4O2. The highest BCUT2D eigenvalue weighted by atomic mass is 16.5. The first-order valence-electron chi connectivity index (χ1n) is 6.90. The Morgan fingerprint density at radius 1 is 1.23 bits per heavy atom. The lowest BCUT2D eigenvalue weighted by atomic mass is 10.2. The molecule has 3 aromatic rings. The standard InChI is InChI=1S/C16H16N4O2/c1-17-16(21)22-13-5-2-11(3-6-13)9-18-12-4-7-14-15(8-12)20-10-19-14/h2-8,10,18H,9H2,1H3,(H,17,21)(H,19,20). The van der Waals surface area contributed by atoms with Crippen molar-refractivity contribution >= 4 is 22.8 Å². The third-order valence-electron chi connectivity index (χ3n) is 3.25. The molecule has 0 saturated carbocycles. The predicted octanol–water partition coefficient (Wildman–Crippen LogP) is 2.89. The van der Waals surface area contributed by atoms with Crippen LogP contribution in [0.2, 0.25) is 0 Å². The second-order valence-electron chi connectivity index (χ2n) is 4.77. The lowest BCUT2D eigenvalue weighted by Gasteiger charge is -2.08. The Bertz CT molecular complexity index is 780. The lowest BCUT2D eigenvalue weighted by molar-refractivity contribution is 0.203. The molecule has 0 aliphatic rings. The smallest absolute Gasteiger partial charge is 0.410 e. The fraction of sp³-hybridized carbons (Fsp3) is 0.125. The molecule has 0 atom stereocenters. The van der Waals surface area contributed by atoms with Crippen LogP contribution in [0, 0.1) is 0 Å². The lowest BCUT2D eigenvalue weighted by Crippen LogP contribution is -2.21. The first-order valence-corrected chi connectivity index (χ1v) is 6.90. The summed E-state index contributed by atoms with van der Waals surface area (Å²) >= 11 is 0. The molecule has 6 heteroatoms. The van der Waals surface area contributed by atoms with Gasteiger partial charge in [-0.05, 0) is 35.9 Å². The van der Waals surface area contributed by atoms with Gasteiger partial charge in [-0.3, -0.25) is 0 Å². The SMILES string of the molecule is CNC(=O)Oc1ccc(CNc2ccc3nc[nH]c3c2)cc1. The van der Waals surface area contributed by atoms with Crippen molar-refractivity contribution in [2.75, 3.05) is 12.4 Å². The van der Waals surface area contributed by atoms with E-state index in [4.69, 9.17) is 4.74 Å². The van der Waals surface area contributed by atoms with Gasteiger partial charge in [0.2, 0.25) is 0 Å². The van der Waals surface area contributed by atoms with E-state index in [1.54, 1.807) is 18.5 Å². The van der Waals surface area contributed by atoms with E-state index in [1.165, 1.54) is 7.05 Å². The van der Waals surface area contributed by atoms with Gasteiger partial charge in [-0.15, -0.1) is 0 Å². The largest absolute Gasteiger partial charge is 0.412 e. The number of carbonyl (C=O) groups excluding carboxylic acids is 1. The number of benzene rings is 2. The maximum absolute atomic E-state index is 11.1. The highest BCUT2D eigenvalue weighted by Crippen LogP contribution is 2.17. The van der Waals surface area contributed by atoms with E-state index in [9.17, 15) is 4.79 Å². The van der Waals surface area contributed by atoms with Gasteiger partial charge < -0.3 is 20.4 Å². The molecule has 1 heterocycles. The number of anilines is 1. The Balaban J connectivity index is 1.62. The number of amides is 1. The van der Waals surface area contributed by atoms with Crippen molar-refractivity contribution in [3.8, 4) is 5.75 Å². The molecule has 0 unspecified atom stereocenters. The molecule has 0 radical (unpaired) electrons. The van der Waals surface area contributed by atoms with Gasteiger partial charge in [0.05, 0.1) is 17.4 Å². The Morgan fingerprint density at radius 2 is 2.05 bits per heavy atom. The normalized spacial score (nSPS) is 10.4. The van der Waals surface area contributed by atoms with E-state index in [-0.39, 0.29) is 0 Å². The summed E-state index contributed by atoms with van der Waals surface area (Å²) in [4.78, 5) is 18.4. The van der Waals surface area contributed by atoms with Crippen molar-refractivity contribution in [2.24, 2.45) is 0 Å². The Kier molecular flexibility index (Phi) is 3.91. The molecule has 0 saturated heterocycles. The minimum atomic E-state index is -0.473. The Morgan fingerprint density at radius 3 is 2.82 bits per heavy atom. The molecule has 0 bridgehead atoms. The summed E-state index contributed by atoms with van der Waals surface area (Å²) in [5, 5.41) is 5.75. The predicted molar refractivity (Wildman–Crippen MR) is 84.9 cm³/mol. The fourth-order valence-corrected chi connectivity index (χ4v) is 2.08. The molecule has 6 nitrogen and oxygen atoms in total. The number of imidazole rings is 1. The summed E-state index contributed by atoms with van der Waals surface area (Å²) in [6, 6.07) is 13.3. The van der Waals surface area contributed by atoms with Gasteiger partial charge >= 0.3 is 6.09 Å². The quantitative estimate of drug-likeness (QED) is 0.691. The average Bonchev–Trinajstić information content (AvgIpc) is 3.01. The highest BCUT2D eigenvalue weighted by molar-refractivity contribution is 5.78. The zero-order chi connectivity index (χ0) is 15.4.